The minimum Gasteiger partial charge on any atom is -0.465 e. The highest BCUT2D eigenvalue weighted by atomic mass is 32.1. The van der Waals surface area contributed by atoms with Crippen LogP contribution in [0.25, 0.3) is 6.08 Å². The van der Waals surface area contributed by atoms with E-state index in [0.29, 0.717) is 16.3 Å². The Hall–Kier alpha value is -2.87. The summed E-state index contributed by atoms with van der Waals surface area (Å²) in [5.41, 5.74) is 6.79. The number of fused-ring (bicyclic) bond motifs is 1. The van der Waals surface area contributed by atoms with Crippen LogP contribution in [0.4, 0.5) is 5.00 Å². The number of nitrogens with one attached hydrogen (secondary N) is 1. The van der Waals surface area contributed by atoms with Crippen molar-refractivity contribution < 1.29 is 23.5 Å². The largest absolute Gasteiger partial charge is 0.465 e. The van der Waals surface area contributed by atoms with Crippen molar-refractivity contribution in [1.29, 1.82) is 0 Å². The number of hydrogen-bond acceptors (Lipinski definition) is 6. The minimum atomic E-state index is -0.669. The zero-order valence-corrected chi connectivity index (χ0v) is 14.8. The molecule has 7 nitrogen and oxygen atoms in total. The number of ether oxygens (including phenoxy) is 1. The normalized spacial score (nSPS) is 13.4. The molecule has 0 aromatic carbocycles. The van der Waals surface area contributed by atoms with Crippen molar-refractivity contribution in [3.63, 3.8) is 0 Å². The molecular formula is C18H18N2O5S. The molecule has 1 aliphatic rings. The lowest BCUT2D eigenvalue weighted by atomic mass is 9.95. The maximum atomic E-state index is 12.1. The van der Waals surface area contributed by atoms with E-state index < -0.39 is 24.4 Å². The van der Waals surface area contributed by atoms with Crippen LogP contribution in [-0.2, 0) is 27.2 Å². The number of anilines is 1. The van der Waals surface area contributed by atoms with E-state index in [4.69, 9.17) is 14.9 Å². The van der Waals surface area contributed by atoms with Crippen molar-refractivity contribution >= 4 is 40.2 Å². The second-order valence-corrected chi connectivity index (χ2v) is 6.89. The summed E-state index contributed by atoms with van der Waals surface area (Å²) in [5, 5.41) is 3.06. The van der Waals surface area contributed by atoms with E-state index in [1.165, 1.54) is 29.8 Å². The molecule has 2 aromatic heterocycles. The Morgan fingerprint density at radius 1 is 1.31 bits per heavy atom. The van der Waals surface area contributed by atoms with Gasteiger partial charge in [0.05, 0.1) is 11.8 Å². The van der Waals surface area contributed by atoms with Gasteiger partial charge >= 0.3 is 5.97 Å². The van der Waals surface area contributed by atoms with Gasteiger partial charge in [-0.2, -0.15) is 0 Å². The molecule has 0 fully saturated rings. The number of esters is 1. The first kappa shape index (κ1) is 17.9. The molecule has 0 radical (unpaired) electrons. The Morgan fingerprint density at radius 2 is 2.12 bits per heavy atom. The Labute approximate surface area is 153 Å². The average Bonchev–Trinajstić information content (AvgIpc) is 3.25. The molecule has 1 aliphatic carbocycles. The van der Waals surface area contributed by atoms with Crippen LogP contribution in [0.1, 0.15) is 39.4 Å². The van der Waals surface area contributed by atoms with Crippen molar-refractivity contribution in [2.45, 2.75) is 25.7 Å². The zero-order valence-electron chi connectivity index (χ0n) is 13.9. The first-order chi connectivity index (χ1) is 12.5. The Kier molecular flexibility index (Phi) is 5.52. The SMILES string of the molecule is NC(=O)c1c(NC(=O)COC(=O)C=Cc2ccco2)sc2c1CCCC2. The monoisotopic (exact) mass is 374 g/mol. The van der Waals surface area contributed by atoms with Crippen molar-refractivity contribution in [3.05, 3.63) is 46.2 Å². The third-order valence-electron chi connectivity index (χ3n) is 3.94. The maximum absolute atomic E-state index is 12.1. The number of carbonyl (C=O) groups is 3. The van der Waals surface area contributed by atoms with E-state index in [1.54, 1.807) is 12.1 Å². The predicted octanol–water partition coefficient (Wildman–Crippen LogP) is 2.51. The fourth-order valence-electron chi connectivity index (χ4n) is 2.80. The number of primary amides is 1. The minimum absolute atomic E-state index is 0.377. The van der Waals surface area contributed by atoms with Crippen LogP contribution < -0.4 is 11.1 Å². The number of amides is 2. The number of aryl methyl sites for hydroxylation is 1. The Bertz CT molecular complexity index is 851. The molecule has 0 saturated carbocycles. The van der Waals surface area contributed by atoms with Gasteiger partial charge in [0.2, 0.25) is 0 Å². The van der Waals surface area contributed by atoms with E-state index in [9.17, 15) is 14.4 Å². The number of thiophene rings is 1. The molecule has 2 amide bonds. The lowest BCUT2D eigenvalue weighted by molar-refractivity contribution is -0.142. The summed E-state index contributed by atoms with van der Waals surface area (Å²) in [6.45, 7) is -0.456. The number of furan rings is 1. The fourth-order valence-corrected chi connectivity index (χ4v) is 4.11. The summed E-state index contributed by atoms with van der Waals surface area (Å²) in [4.78, 5) is 36.5. The molecule has 3 rings (SSSR count). The number of carbonyl (C=O) groups excluding carboxylic acids is 3. The Morgan fingerprint density at radius 3 is 2.85 bits per heavy atom. The summed E-state index contributed by atoms with van der Waals surface area (Å²) < 4.78 is 9.93. The molecule has 26 heavy (non-hydrogen) atoms. The van der Waals surface area contributed by atoms with E-state index in [-0.39, 0.29) is 0 Å². The van der Waals surface area contributed by atoms with Gasteiger partial charge in [-0.3, -0.25) is 9.59 Å². The van der Waals surface area contributed by atoms with Crippen molar-refractivity contribution in [1.82, 2.24) is 0 Å². The van der Waals surface area contributed by atoms with Crippen LogP contribution in [0.15, 0.2) is 28.9 Å². The molecule has 2 aromatic rings. The maximum Gasteiger partial charge on any atom is 0.331 e. The summed E-state index contributed by atoms with van der Waals surface area (Å²) in [6.07, 6.45) is 7.81. The number of rotatable bonds is 6. The lowest BCUT2D eigenvalue weighted by Crippen LogP contribution is -2.22. The van der Waals surface area contributed by atoms with Crippen LogP contribution in [0.5, 0.6) is 0 Å². The van der Waals surface area contributed by atoms with Gasteiger partial charge in [0.25, 0.3) is 11.8 Å². The molecule has 8 heteroatoms. The van der Waals surface area contributed by atoms with Gasteiger partial charge in [0, 0.05) is 11.0 Å². The first-order valence-electron chi connectivity index (χ1n) is 8.17. The van der Waals surface area contributed by atoms with Gasteiger partial charge < -0.3 is 20.2 Å². The van der Waals surface area contributed by atoms with E-state index in [2.05, 4.69) is 5.32 Å². The summed E-state index contributed by atoms with van der Waals surface area (Å²) >= 11 is 1.36. The first-order valence-corrected chi connectivity index (χ1v) is 8.99. The van der Waals surface area contributed by atoms with Crippen molar-refractivity contribution in [2.75, 3.05) is 11.9 Å². The van der Waals surface area contributed by atoms with Gasteiger partial charge in [0.1, 0.15) is 10.8 Å². The Balaban J connectivity index is 1.59. The van der Waals surface area contributed by atoms with Gasteiger partial charge in [-0.05, 0) is 49.5 Å². The smallest absolute Gasteiger partial charge is 0.331 e. The molecule has 0 aliphatic heterocycles. The summed E-state index contributed by atoms with van der Waals surface area (Å²) in [7, 11) is 0. The van der Waals surface area contributed by atoms with E-state index in [0.717, 1.165) is 36.1 Å². The molecule has 3 N–H and O–H groups in total. The molecule has 136 valence electrons. The highest BCUT2D eigenvalue weighted by molar-refractivity contribution is 7.17. The van der Waals surface area contributed by atoms with E-state index >= 15 is 0 Å². The molecule has 0 unspecified atom stereocenters. The van der Waals surface area contributed by atoms with Crippen LogP contribution in [-0.4, -0.2) is 24.4 Å². The van der Waals surface area contributed by atoms with Crippen LogP contribution in [0.2, 0.25) is 0 Å². The number of nitrogens with two attached hydrogens (primary N) is 1. The van der Waals surface area contributed by atoms with Crippen molar-refractivity contribution in [2.24, 2.45) is 5.73 Å². The third kappa shape index (κ3) is 4.20. The molecule has 2 heterocycles. The van der Waals surface area contributed by atoms with Gasteiger partial charge in [-0.25, -0.2) is 4.79 Å². The van der Waals surface area contributed by atoms with Gasteiger partial charge in [0.15, 0.2) is 6.61 Å². The second kappa shape index (κ2) is 8.01. The molecule has 0 spiro atoms. The standard InChI is InChI=1S/C18H18N2O5S/c19-17(23)16-12-5-1-2-6-13(12)26-18(16)20-14(21)10-25-15(22)8-7-11-4-3-9-24-11/h3-4,7-9H,1-2,5-6,10H2,(H2,19,23)(H,20,21). The molecule has 0 bridgehead atoms. The average molecular weight is 374 g/mol. The summed E-state index contributed by atoms with van der Waals surface area (Å²) in [5.74, 6) is -1.25. The summed E-state index contributed by atoms with van der Waals surface area (Å²) in [6, 6.07) is 3.37. The molecular weight excluding hydrogens is 356 g/mol. The van der Waals surface area contributed by atoms with E-state index in [1.807, 2.05) is 0 Å². The van der Waals surface area contributed by atoms with Gasteiger partial charge in [-0.15, -0.1) is 11.3 Å². The predicted molar refractivity (Wildman–Crippen MR) is 96.8 cm³/mol. The van der Waals surface area contributed by atoms with Gasteiger partial charge in [-0.1, -0.05) is 0 Å². The fraction of sp³-hybridized carbons (Fsp3) is 0.278. The second-order valence-electron chi connectivity index (χ2n) is 5.78. The highest BCUT2D eigenvalue weighted by Gasteiger charge is 2.25. The zero-order chi connectivity index (χ0) is 18.5. The van der Waals surface area contributed by atoms with Crippen molar-refractivity contribution in [3.8, 4) is 0 Å². The van der Waals surface area contributed by atoms with Crippen LogP contribution in [0.3, 0.4) is 0 Å². The molecule has 0 saturated heterocycles. The lowest BCUT2D eigenvalue weighted by Gasteiger charge is -2.11. The number of hydrogen-bond donors (Lipinski definition) is 2. The highest BCUT2D eigenvalue weighted by Crippen LogP contribution is 2.37. The third-order valence-corrected chi connectivity index (χ3v) is 5.15. The molecule has 0 atom stereocenters. The topological polar surface area (TPSA) is 112 Å². The quantitative estimate of drug-likeness (QED) is 0.596. The van der Waals surface area contributed by atoms with Crippen LogP contribution in [0, 0.1) is 0 Å². The van der Waals surface area contributed by atoms with Crippen LogP contribution >= 0.6 is 11.3 Å².